The van der Waals surface area contributed by atoms with E-state index in [9.17, 15) is 5.11 Å². The van der Waals surface area contributed by atoms with Gasteiger partial charge in [0.2, 0.25) is 0 Å². The zero-order valence-electron chi connectivity index (χ0n) is 12.5. The lowest BCUT2D eigenvalue weighted by Gasteiger charge is -2.09. The number of para-hydroxylation sites is 2. The topological polar surface area (TPSA) is 55.9 Å². The molecule has 0 fully saturated rings. The lowest BCUT2D eigenvalue weighted by molar-refractivity contribution is 0.267. The van der Waals surface area contributed by atoms with Gasteiger partial charge in [0.15, 0.2) is 0 Å². The van der Waals surface area contributed by atoms with Crippen molar-refractivity contribution in [1.29, 1.82) is 0 Å². The zero-order chi connectivity index (χ0) is 15.6. The van der Waals surface area contributed by atoms with Gasteiger partial charge >= 0.3 is 0 Å². The summed E-state index contributed by atoms with van der Waals surface area (Å²) in [5.41, 5.74) is 4.12. The third kappa shape index (κ3) is 2.51. The monoisotopic (exact) mass is 304 g/mol. The first-order valence-corrected chi connectivity index (χ1v) is 7.49. The van der Waals surface area contributed by atoms with E-state index >= 15 is 0 Å². The number of benzene rings is 2. The second-order valence-corrected chi connectivity index (χ2v) is 5.38. The van der Waals surface area contributed by atoms with Crippen molar-refractivity contribution in [3.63, 3.8) is 0 Å². The van der Waals surface area contributed by atoms with Gasteiger partial charge in [-0.15, -0.1) is 0 Å². The van der Waals surface area contributed by atoms with Crippen molar-refractivity contribution in [2.75, 3.05) is 0 Å². The highest BCUT2D eigenvalue weighted by atomic mass is 16.3. The average molecular weight is 304 g/mol. The number of fused-ring (bicyclic) bond motifs is 1. The van der Waals surface area contributed by atoms with Crippen LogP contribution in [-0.4, -0.2) is 24.4 Å². The fourth-order valence-corrected chi connectivity index (χ4v) is 2.78. The molecule has 2 aromatic heterocycles. The lowest BCUT2D eigenvalue weighted by atomic mass is 10.2. The molecule has 0 saturated carbocycles. The number of aliphatic hydroxyl groups is 1. The molecule has 0 aliphatic heterocycles. The van der Waals surface area contributed by atoms with E-state index in [0.29, 0.717) is 12.4 Å². The molecule has 0 spiro atoms. The Balaban J connectivity index is 1.68. The molecule has 0 bridgehead atoms. The van der Waals surface area contributed by atoms with Gasteiger partial charge in [0.05, 0.1) is 16.7 Å². The molecular weight excluding hydrogens is 288 g/mol. The molecule has 2 heterocycles. The fraction of sp³-hybridized carbons (Fsp3) is 0.111. The van der Waals surface area contributed by atoms with Crippen LogP contribution in [0.3, 0.4) is 0 Å². The molecule has 0 amide bonds. The molecule has 0 saturated heterocycles. The van der Waals surface area contributed by atoms with E-state index in [1.807, 2.05) is 53.3 Å². The Morgan fingerprint density at radius 2 is 1.78 bits per heavy atom. The van der Waals surface area contributed by atoms with E-state index in [0.717, 1.165) is 22.3 Å². The van der Waals surface area contributed by atoms with E-state index in [1.165, 1.54) is 0 Å². The predicted octanol–water partition coefficient (Wildman–Crippen LogP) is 2.76. The first-order valence-electron chi connectivity index (χ1n) is 7.49. The van der Waals surface area contributed by atoms with Gasteiger partial charge in [0, 0.05) is 18.9 Å². The number of imidazole rings is 1. The quantitative estimate of drug-likeness (QED) is 0.631. The molecule has 2 aromatic carbocycles. The fourth-order valence-electron chi connectivity index (χ4n) is 2.78. The summed E-state index contributed by atoms with van der Waals surface area (Å²) in [6.45, 7) is 0.607. The molecule has 23 heavy (non-hydrogen) atoms. The Morgan fingerprint density at radius 1 is 0.957 bits per heavy atom. The summed E-state index contributed by atoms with van der Waals surface area (Å²) in [6.07, 6.45) is 3.68. The second kappa shape index (κ2) is 5.70. The summed E-state index contributed by atoms with van der Waals surface area (Å²) < 4.78 is 3.88. The van der Waals surface area contributed by atoms with Crippen molar-refractivity contribution in [1.82, 2.24) is 19.3 Å². The average Bonchev–Trinajstić information content (AvgIpc) is 3.24. The highest BCUT2D eigenvalue weighted by Gasteiger charge is 2.10. The Morgan fingerprint density at radius 3 is 2.52 bits per heavy atom. The summed E-state index contributed by atoms with van der Waals surface area (Å²) in [5, 5.41) is 13.8. The van der Waals surface area contributed by atoms with E-state index in [4.69, 9.17) is 0 Å². The molecule has 0 aliphatic carbocycles. The largest absolute Gasteiger partial charge is 0.388 e. The molecule has 4 rings (SSSR count). The number of nitrogens with zero attached hydrogens (tertiary/aromatic N) is 4. The summed E-state index contributed by atoms with van der Waals surface area (Å²) in [4.78, 5) is 4.48. The number of hydrogen-bond donors (Lipinski definition) is 1. The van der Waals surface area contributed by atoms with Crippen LogP contribution in [0.2, 0.25) is 0 Å². The van der Waals surface area contributed by atoms with E-state index < -0.39 is 0 Å². The van der Waals surface area contributed by atoms with Gasteiger partial charge in [0.1, 0.15) is 12.4 Å². The van der Waals surface area contributed by atoms with E-state index in [-0.39, 0.29) is 6.61 Å². The van der Waals surface area contributed by atoms with Gasteiger partial charge in [-0.3, -0.25) is 0 Å². The molecule has 0 radical (unpaired) electrons. The van der Waals surface area contributed by atoms with E-state index in [1.54, 1.807) is 6.20 Å². The molecule has 0 unspecified atom stereocenters. The molecule has 0 atom stereocenters. The molecule has 4 aromatic rings. The van der Waals surface area contributed by atoms with Crippen LogP contribution in [0, 0.1) is 0 Å². The van der Waals surface area contributed by atoms with Gasteiger partial charge in [-0.25, -0.2) is 9.67 Å². The SMILES string of the molecule is OCc1nc2ccccc2n1Cc1ccc(-n2cccn2)cc1. The maximum atomic E-state index is 9.57. The van der Waals surface area contributed by atoms with Crippen molar-refractivity contribution in [3.05, 3.63) is 78.4 Å². The highest BCUT2D eigenvalue weighted by molar-refractivity contribution is 5.76. The van der Waals surface area contributed by atoms with Gasteiger partial charge in [-0.05, 0) is 35.9 Å². The number of rotatable bonds is 4. The van der Waals surface area contributed by atoms with Crippen LogP contribution in [0.1, 0.15) is 11.4 Å². The maximum Gasteiger partial charge on any atom is 0.136 e. The van der Waals surface area contributed by atoms with Crippen LogP contribution in [0.15, 0.2) is 67.0 Å². The van der Waals surface area contributed by atoms with Crippen LogP contribution < -0.4 is 0 Å². The summed E-state index contributed by atoms with van der Waals surface area (Å²) in [6, 6.07) is 18.1. The third-order valence-electron chi connectivity index (χ3n) is 3.92. The molecule has 114 valence electrons. The number of hydrogen-bond acceptors (Lipinski definition) is 3. The van der Waals surface area contributed by atoms with Crippen LogP contribution >= 0.6 is 0 Å². The van der Waals surface area contributed by atoms with Crippen LogP contribution in [0.4, 0.5) is 0 Å². The van der Waals surface area contributed by atoms with Gasteiger partial charge in [0.25, 0.3) is 0 Å². The normalized spacial score (nSPS) is 11.2. The standard InChI is InChI=1S/C18H16N4O/c23-13-18-20-16-4-1-2-5-17(16)21(18)12-14-6-8-15(9-7-14)22-11-3-10-19-22/h1-11,23H,12-13H2. The Bertz CT molecular complexity index is 923. The third-order valence-corrected chi connectivity index (χ3v) is 3.92. The molecule has 5 heteroatoms. The Labute approximate surface area is 133 Å². The molecule has 1 N–H and O–H groups in total. The van der Waals surface area contributed by atoms with Crippen molar-refractivity contribution in [2.45, 2.75) is 13.2 Å². The predicted molar refractivity (Wildman–Crippen MR) is 88.3 cm³/mol. The smallest absolute Gasteiger partial charge is 0.136 e. The van der Waals surface area contributed by atoms with Crippen LogP contribution in [0.25, 0.3) is 16.7 Å². The minimum Gasteiger partial charge on any atom is -0.388 e. The first kappa shape index (κ1) is 13.7. The van der Waals surface area contributed by atoms with Crippen molar-refractivity contribution < 1.29 is 5.11 Å². The molecular formula is C18H16N4O. The Kier molecular flexibility index (Phi) is 3.40. The lowest BCUT2D eigenvalue weighted by Crippen LogP contribution is -2.05. The van der Waals surface area contributed by atoms with Crippen LogP contribution in [0.5, 0.6) is 0 Å². The van der Waals surface area contributed by atoms with E-state index in [2.05, 4.69) is 26.8 Å². The van der Waals surface area contributed by atoms with Crippen molar-refractivity contribution in [3.8, 4) is 5.69 Å². The minimum atomic E-state index is -0.0694. The summed E-state index contributed by atoms with van der Waals surface area (Å²) in [7, 11) is 0. The van der Waals surface area contributed by atoms with Gasteiger partial charge < -0.3 is 9.67 Å². The number of aromatic nitrogens is 4. The van der Waals surface area contributed by atoms with Crippen molar-refractivity contribution >= 4 is 11.0 Å². The first-order chi connectivity index (χ1) is 11.3. The maximum absolute atomic E-state index is 9.57. The molecule has 5 nitrogen and oxygen atoms in total. The Hall–Kier alpha value is -2.92. The summed E-state index contributed by atoms with van der Waals surface area (Å²) >= 11 is 0. The summed E-state index contributed by atoms with van der Waals surface area (Å²) in [5.74, 6) is 0.683. The molecule has 0 aliphatic rings. The number of aliphatic hydroxyl groups excluding tert-OH is 1. The van der Waals surface area contributed by atoms with Crippen LogP contribution in [-0.2, 0) is 13.2 Å². The van der Waals surface area contributed by atoms with Gasteiger partial charge in [-0.2, -0.15) is 5.10 Å². The second-order valence-electron chi connectivity index (χ2n) is 5.38. The minimum absolute atomic E-state index is 0.0694. The zero-order valence-corrected chi connectivity index (χ0v) is 12.5. The van der Waals surface area contributed by atoms with Gasteiger partial charge in [-0.1, -0.05) is 24.3 Å². The van der Waals surface area contributed by atoms with Crippen molar-refractivity contribution in [2.24, 2.45) is 0 Å². The highest BCUT2D eigenvalue weighted by Crippen LogP contribution is 2.18.